The summed E-state index contributed by atoms with van der Waals surface area (Å²) in [6, 6.07) is 1.89. The van der Waals surface area contributed by atoms with Crippen molar-refractivity contribution in [2.45, 2.75) is 32.7 Å². The van der Waals surface area contributed by atoms with Crippen molar-refractivity contribution in [2.24, 2.45) is 0 Å². The van der Waals surface area contributed by atoms with Gasteiger partial charge in [0, 0.05) is 19.5 Å². The summed E-state index contributed by atoms with van der Waals surface area (Å²) in [5.41, 5.74) is 0. The van der Waals surface area contributed by atoms with Crippen molar-refractivity contribution in [1.29, 1.82) is 5.26 Å². The number of aromatic nitrogens is 3. The van der Waals surface area contributed by atoms with E-state index in [2.05, 4.69) is 15.2 Å². The van der Waals surface area contributed by atoms with E-state index in [1.165, 1.54) is 4.90 Å². The highest BCUT2D eigenvalue weighted by molar-refractivity contribution is 5.90. The lowest BCUT2D eigenvalue weighted by Crippen LogP contribution is -2.35. The van der Waals surface area contributed by atoms with E-state index in [0.717, 1.165) is 0 Å². The smallest absolute Gasteiger partial charge is 0.293 e. The first-order valence-corrected chi connectivity index (χ1v) is 5.15. The molecule has 1 unspecified atom stereocenters. The minimum atomic E-state index is -0.265. The molecule has 1 amide bonds. The molecule has 0 aromatic carbocycles. The predicted octanol–water partition coefficient (Wildman–Crippen LogP) is 0.741. The number of H-pyrrole nitrogens is 1. The molecule has 0 fully saturated rings. The Bertz CT molecular complexity index is 406. The van der Waals surface area contributed by atoms with Crippen LogP contribution >= 0.6 is 0 Å². The van der Waals surface area contributed by atoms with E-state index in [1.807, 2.05) is 19.9 Å². The number of aryl methyl sites for hydroxylation is 1. The fraction of sp³-hybridized carbons (Fsp3) is 0.600. The normalized spacial score (nSPS) is 11.9. The summed E-state index contributed by atoms with van der Waals surface area (Å²) in [6.45, 7) is 3.74. The van der Waals surface area contributed by atoms with Gasteiger partial charge in [0.25, 0.3) is 5.91 Å². The maximum atomic E-state index is 11.9. The van der Waals surface area contributed by atoms with Gasteiger partial charge in [-0.1, -0.05) is 6.92 Å². The molecule has 1 aromatic rings. The Morgan fingerprint density at radius 2 is 2.38 bits per heavy atom. The fourth-order valence-corrected chi connectivity index (χ4v) is 1.18. The largest absolute Gasteiger partial charge is 0.335 e. The van der Waals surface area contributed by atoms with Crippen LogP contribution in [0.5, 0.6) is 0 Å². The minimum Gasteiger partial charge on any atom is -0.335 e. The fourth-order valence-electron chi connectivity index (χ4n) is 1.18. The summed E-state index contributed by atoms with van der Waals surface area (Å²) in [5.74, 6) is 0.576. The number of amides is 1. The Hall–Kier alpha value is -1.90. The van der Waals surface area contributed by atoms with E-state index < -0.39 is 0 Å². The summed E-state index contributed by atoms with van der Waals surface area (Å²) in [5, 5.41) is 15.1. The number of nitriles is 1. The molecule has 0 bridgehead atoms. The van der Waals surface area contributed by atoms with Gasteiger partial charge in [-0.15, -0.1) is 5.10 Å². The molecule has 0 aliphatic carbocycles. The second-order valence-corrected chi connectivity index (χ2v) is 3.59. The van der Waals surface area contributed by atoms with Crippen molar-refractivity contribution in [1.82, 2.24) is 20.1 Å². The first-order chi connectivity index (χ1) is 7.60. The molecule has 1 heterocycles. The van der Waals surface area contributed by atoms with Crippen LogP contribution < -0.4 is 0 Å². The van der Waals surface area contributed by atoms with Crippen LogP contribution in [0, 0.1) is 11.3 Å². The van der Waals surface area contributed by atoms with E-state index in [0.29, 0.717) is 18.7 Å². The lowest BCUT2D eigenvalue weighted by Gasteiger charge is -2.21. The van der Waals surface area contributed by atoms with E-state index in [1.54, 1.807) is 7.05 Å². The number of carbonyl (C=O) groups excluding carboxylic acids is 1. The summed E-state index contributed by atoms with van der Waals surface area (Å²) >= 11 is 0. The monoisotopic (exact) mass is 221 g/mol. The van der Waals surface area contributed by atoms with Crippen LogP contribution in [0.1, 0.15) is 36.7 Å². The van der Waals surface area contributed by atoms with Crippen LogP contribution in [0.2, 0.25) is 0 Å². The SMILES string of the molecule is CCc1nc(C(=O)N(C)C(C)CC#N)n[nH]1. The van der Waals surface area contributed by atoms with Crippen molar-refractivity contribution in [3.8, 4) is 6.07 Å². The maximum absolute atomic E-state index is 11.9. The Balaban J connectivity index is 2.74. The van der Waals surface area contributed by atoms with Crippen LogP contribution in [0.15, 0.2) is 0 Å². The number of hydrogen-bond donors (Lipinski definition) is 1. The van der Waals surface area contributed by atoms with Crippen LogP contribution in [-0.2, 0) is 6.42 Å². The Kier molecular flexibility index (Phi) is 4.00. The molecule has 16 heavy (non-hydrogen) atoms. The van der Waals surface area contributed by atoms with Gasteiger partial charge in [0.2, 0.25) is 5.82 Å². The molecule has 1 atom stereocenters. The number of aromatic amines is 1. The molecule has 6 nitrogen and oxygen atoms in total. The molecule has 0 spiro atoms. The molecule has 0 radical (unpaired) electrons. The van der Waals surface area contributed by atoms with E-state index in [-0.39, 0.29) is 17.8 Å². The summed E-state index contributed by atoms with van der Waals surface area (Å²) in [6.07, 6.45) is 1.01. The molecule has 1 aromatic heterocycles. The number of carbonyl (C=O) groups is 1. The Morgan fingerprint density at radius 1 is 1.69 bits per heavy atom. The first-order valence-electron chi connectivity index (χ1n) is 5.15. The van der Waals surface area contributed by atoms with E-state index in [9.17, 15) is 4.79 Å². The minimum absolute atomic E-state index is 0.138. The molecule has 0 aliphatic heterocycles. The Morgan fingerprint density at radius 3 is 2.88 bits per heavy atom. The molecule has 0 aliphatic rings. The summed E-state index contributed by atoms with van der Waals surface area (Å²) in [7, 11) is 1.65. The molecule has 0 saturated heterocycles. The van der Waals surface area contributed by atoms with Gasteiger partial charge in [-0.25, -0.2) is 4.98 Å². The summed E-state index contributed by atoms with van der Waals surface area (Å²) in [4.78, 5) is 17.4. The quantitative estimate of drug-likeness (QED) is 0.812. The number of hydrogen-bond acceptors (Lipinski definition) is 4. The van der Waals surface area contributed by atoms with Crippen LogP contribution in [0.25, 0.3) is 0 Å². The van der Waals surface area contributed by atoms with Crippen LogP contribution in [0.3, 0.4) is 0 Å². The van der Waals surface area contributed by atoms with Crippen LogP contribution in [-0.4, -0.2) is 39.1 Å². The van der Waals surface area contributed by atoms with Gasteiger partial charge in [0.1, 0.15) is 5.82 Å². The summed E-state index contributed by atoms with van der Waals surface area (Å²) < 4.78 is 0. The third-order valence-corrected chi connectivity index (χ3v) is 2.43. The van der Waals surface area contributed by atoms with Crippen molar-refractivity contribution in [3.05, 3.63) is 11.6 Å². The van der Waals surface area contributed by atoms with Crippen LogP contribution in [0.4, 0.5) is 0 Å². The maximum Gasteiger partial charge on any atom is 0.293 e. The second kappa shape index (κ2) is 5.26. The highest BCUT2D eigenvalue weighted by Crippen LogP contribution is 2.05. The molecule has 0 saturated carbocycles. The topological polar surface area (TPSA) is 85.7 Å². The van der Waals surface area contributed by atoms with E-state index >= 15 is 0 Å². The average molecular weight is 221 g/mol. The standard InChI is InChI=1S/C10H15N5O/c1-4-8-12-9(14-13-8)10(16)15(3)7(2)5-6-11/h7H,4-5H2,1-3H3,(H,12,13,14). The highest BCUT2D eigenvalue weighted by Gasteiger charge is 2.20. The van der Waals surface area contributed by atoms with Gasteiger partial charge in [0.15, 0.2) is 0 Å². The molecule has 1 N–H and O–H groups in total. The van der Waals surface area contributed by atoms with Crippen molar-refractivity contribution >= 4 is 5.91 Å². The van der Waals surface area contributed by atoms with Gasteiger partial charge in [-0.2, -0.15) is 5.26 Å². The number of rotatable bonds is 4. The number of nitrogens with zero attached hydrogens (tertiary/aromatic N) is 4. The van der Waals surface area contributed by atoms with Gasteiger partial charge in [0.05, 0.1) is 12.5 Å². The molecule has 86 valence electrons. The average Bonchev–Trinajstić information content (AvgIpc) is 2.75. The lowest BCUT2D eigenvalue weighted by molar-refractivity contribution is 0.0734. The van der Waals surface area contributed by atoms with Gasteiger partial charge in [-0.3, -0.25) is 9.89 Å². The molecule has 1 rings (SSSR count). The third kappa shape index (κ3) is 2.57. The van der Waals surface area contributed by atoms with Gasteiger partial charge >= 0.3 is 0 Å². The number of nitrogens with one attached hydrogen (secondary N) is 1. The zero-order chi connectivity index (χ0) is 12.1. The Labute approximate surface area is 94.3 Å². The van der Waals surface area contributed by atoms with Crippen molar-refractivity contribution in [3.63, 3.8) is 0 Å². The zero-order valence-electron chi connectivity index (χ0n) is 9.69. The predicted molar refractivity (Wildman–Crippen MR) is 57.5 cm³/mol. The van der Waals surface area contributed by atoms with Gasteiger partial charge in [-0.05, 0) is 6.92 Å². The van der Waals surface area contributed by atoms with Crippen molar-refractivity contribution in [2.75, 3.05) is 7.05 Å². The van der Waals surface area contributed by atoms with E-state index in [4.69, 9.17) is 5.26 Å². The molecular formula is C10H15N5O. The third-order valence-electron chi connectivity index (χ3n) is 2.43. The second-order valence-electron chi connectivity index (χ2n) is 3.59. The highest BCUT2D eigenvalue weighted by atomic mass is 16.2. The lowest BCUT2D eigenvalue weighted by atomic mass is 10.2. The first kappa shape index (κ1) is 12.2. The van der Waals surface area contributed by atoms with Gasteiger partial charge < -0.3 is 4.90 Å². The zero-order valence-corrected chi connectivity index (χ0v) is 9.69. The molecule has 6 heteroatoms. The molecular weight excluding hydrogens is 206 g/mol. The van der Waals surface area contributed by atoms with Crippen molar-refractivity contribution < 1.29 is 4.79 Å².